The number of pyridine rings is 1. The summed E-state index contributed by atoms with van der Waals surface area (Å²) < 4.78 is 1.90. The number of fused-ring (bicyclic) bond motifs is 2. The molecule has 5 nitrogen and oxygen atoms in total. The van der Waals surface area contributed by atoms with Crippen LogP contribution in [0.4, 0.5) is 0 Å². The SMILES string of the molecule is CNC1CCCc2sc(-c3ccc4c(=O)c(C(=O)O)cn(C5CC5)c4c3Cl)cc21.Cl. The number of nitrogens with one attached hydrogen (secondary N) is 1. The van der Waals surface area contributed by atoms with Gasteiger partial charge >= 0.3 is 5.97 Å². The zero-order chi connectivity index (χ0) is 20.3. The van der Waals surface area contributed by atoms with Crippen molar-refractivity contribution in [3.8, 4) is 10.4 Å². The summed E-state index contributed by atoms with van der Waals surface area (Å²) in [5.41, 5.74) is 2.23. The number of aromatic nitrogens is 1. The van der Waals surface area contributed by atoms with E-state index in [1.165, 1.54) is 23.1 Å². The van der Waals surface area contributed by atoms with Gasteiger partial charge in [0.2, 0.25) is 5.43 Å². The van der Waals surface area contributed by atoms with E-state index in [4.69, 9.17) is 11.6 Å². The highest BCUT2D eigenvalue weighted by atomic mass is 35.5. The normalized spacial score (nSPS) is 18.1. The Morgan fingerprint density at radius 2 is 2.07 bits per heavy atom. The molecule has 1 aromatic carbocycles. The summed E-state index contributed by atoms with van der Waals surface area (Å²) >= 11 is 8.64. The molecular formula is C22H22Cl2N2O3S. The lowest BCUT2D eigenvalue weighted by Gasteiger charge is -2.21. The second-order valence-electron chi connectivity index (χ2n) is 7.86. The number of halogens is 2. The predicted molar refractivity (Wildman–Crippen MR) is 124 cm³/mol. The molecule has 0 aliphatic heterocycles. The first-order valence-corrected chi connectivity index (χ1v) is 11.1. The van der Waals surface area contributed by atoms with Crippen molar-refractivity contribution in [3.63, 3.8) is 0 Å². The minimum absolute atomic E-state index is 0. The van der Waals surface area contributed by atoms with Crippen LogP contribution in [0.5, 0.6) is 0 Å². The molecule has 30 heavy (non-hydrogen) atoms. The van der Waals surface area contributed by atoms with Crippen LogP contribution in [-0.4, -0.2) is 22.7 Å². The van der Waals surface area contributed by atoms with Crippen LogP contribution in [0.25, 0.3) is 21.3 Å². The number of aryl methyl sites for hydroxylation is 1. The molecule has 0 bridgehead atoms. The lowest BCUT2D eigenvalue weighted by molar-refractivity contribution is 0.0695. The minimum Gasteiger partial charge on any atom is -0.477 e. The van der Waals surface area contributed by atoms with E-state index in [2.05, 4.69) is 11.4 Å². The van der Waals surface area contributed by atoms with E-state index in [1.807, 2.05) is 17.7 Å². The molecule has 1 atom stereocenters. The van der Waals surface area contributed by atoms with Gasteiger partial charge in [-0.3, -0.25) is 4.79 Å². The Labute approximate surface area is 189 Å². The van der Waals surface area contributed by atoms with Gasteiger partial charge < -0.3 is 15.0 Å². The van der Waals surface area contributed by atoms with E-state index < -0.39 is 11.4 Å². The van der Waals surface area contributed by atoms with Gasteiger partial charge in [0.1, 0.15) is 5.56 Å². The highest BCUT2D eigenvalue weighted by Gasteiger charge is 2.29. The van der Waals surface area contributed by atoms with Crippen LogP contribution in [0, 0.1) is 0 Å². The average Bonchev–Trinajstić information content (AvgIpc) is 3.46. The lowest BCUT2D eigenvalue weighted by atomic mass is 9.93. The first-order chi connectivity index (χ1) is 14.0. The Balaban J connectivity index is 0.00000218. The quantitative estimate of drug-likeness (QED) is 0.539. The Hall–Kier alpha value is -1.86. The summed E-state index contributed by atoms with van der Waals surface area (Å²) in [6, 6.07) is 6.39. The predicted octanol–water partition coefficient (Wildman–Crippen LogP) is 5.44. The number of aromatic carboxylic acids is 1. The van der Waals surface area contributed by atoms with E-state index in [-0.39, 0.29) is 24.0 Å². The summed E-state index contributed by atoms with van der Waals surface area (Å²) in [5, 5.41) is 13.7. The molecule has 1 unspecified atom stereocenters. The number of carboxylic acid groups (broad SMARTS) is 1. The maximum atomic E-state index is 12.7. The summed E-state index contributed by atoms with van der Waals surface area (Å²) in [6.45, 7) is 0. The average molecular weight is 465 g/mol. The topological polar surface area (TPSA) is 71.3 Å². The summed E-state index contributed by atoms with van der Waals surface area (Å²) in [6.07, 6.45) is 6.78. The van der Waals surface area contributed by atoms with Gasteiger partial charge in [0, 0.05) is 39.0 Å². The van der Waals surface area contributed by atoms with Gasteiger partial charge in [-0.1, -0.05) is 17.7 Å². The Morgan fingerprint density at radius 3 is 2.73 bits per heavy atom. The number of thiophene rings is 1. The fraction of sp³-hybridized carbons (Fsp3) is 0.364. The van der Waals surface area contributed by atoms with Crippen LogP contribution >= 0.6 is 35.3 Å². The Bertz CT molecular complexity index is 1210. The largest absolute Gasteiger partial charge is 0.477 e. The molecule has 8 heteroatoms. The van der Waals surface area contributed by atoms with Gasteiger partial charge in [-0.25, -0.2) is 4.79 Å². The molecule has 158 valence electrons. The summed E-state index contributed by atoms with van der Waals surface area (Å²) in [5.74, 6) is -1.20. The first kappa shape index (κ1) is 21.4. The second-order valence-corrected chi connectivity index (χ2v) is 9.38. The van der Waals surface area contributed by atoms with Crippen LogP contribution in [0.15, 0.2) is 29.2 Å². The van der Waals surface area contributed by atoms with Crippen molar-refractivity contribution in [1.29, 1.82) is 0 Å². The third-order valence-electron chi connectivity index (χ3n) is 6.03. The van der Waals surface area contributed by atoms with Crippen LogP contribution in [0.2, 0.25) is 5.02 Å². The van der Waals surface area contributed by atoms with Crippen LogP contribution in [0.1, 0.15) is 58.6 Å². The maximum absolute atomic E-state index is 12.7. The number of nitrogens with zero attached hydrogens (tertiary/aromatic N) is 1. The van der Waals surface area contributed by atoms with E-state index in [0.29, 0.717) is 22.0 Å². The molecule has 2 aliphatic carbocycles. The van der Waals surface area contributed by atoms with Crippen molar-refractivity contribution < 1.29 is 9.90 Å². The molecule has 3 aromatic rings. The van der Waals surface area contributed by atoms with E-state index in [0.717, 1.165) is 36.1 Å². The molecule has 0 spiro atoms. The summed E-state index contributed by atoms with van der Waals surface area (Å²) in [4.78, 5) is 26.8. The number of benzene rings is 1. The van der Waals surface area contributed by atoms with Crippen LogP contribution < -0.4 is 10.7 Å². The molecule has 5 rings (SSSR count). The molecule has 1 saturated carbocycles. The number of carboxylic acids is 1. The van der Waals surface area contributed by atoms with Gasteiger partial charge in [-0.2, -0.15) is 0 Å². The number of carbonyl (C=O) groups is 1. The zero-order valence-electron chi connectivity index (χ0n) is 16.4. The third-order valence-corrected chi connectivity index (χ3v) is 7.66. The van der Waals surface area contributed by atoms with Crippen molar-refractivity contribution in [2.45, 2.75) is 44.2 Å². The van der Waals surface area contributed by atoms with Gasteiger partial charge in [-0.05, 0) is 56.8 Å². The number of rotatable bonds is 4. The molecule has 0 amide bonds. The van der Waals surface area contributed by atoms with Gasteiger partial charge in [0.05, 0.1) is 10.5 Å². The monoisotopic (exact) mass is 464 g/mol. The second kappa shape index (κ2) is 8.00. The van der Waals surface area contributed by atoms with Gasteiger partial charge in [0.15, 0.2) is 0 Å². The lowest BCUT2D eigenvalue weighted by Crippen LogP contribution is -2.19. The smallest absolute Gasteiger partial charge is 0.341 e. The van der Waals surface area contributed by atoms with E-state index in [9.17, 15) is 14.7 Å². The van der Waals surface area contributed by atoms with Gasteiger partial charge in [-0.15, -0.1) is 23.7 Å². The molecule has 1 fully saturated rings. The third kappa shape index (κ3) is 3.36. The molecule has 0 radical (unpaired) electrons. The highest BCUT2D eigenvalue weighted by molar-refractivity contribution is 7.15. The van der Waals surface area contributed by atoms with Crippen molar-refractivity contribution >= 4 is 52.2 Å². The molecule has 0 saturated heterocycles. The number of hydrogen-bond acceptors (Lipinski definition) is 4. The van der Waals surface area contributed by atoms with Crippen LogP contribution in [-0.2, 0) is 6.42 Å². The fourth-order valence-corrected chi connectivity index (χ4v) is 6.10. The fourth-order valence-electron chi connectivity index (χ4n) is 4.38. The minimum atomic E-state index is -1.20. The zero-order valence-corrected chi connectivity index (χ0v) is 18.8. The van der Waals surface area contributed by atoms with Crippen molar-refractivity contribution in [2.24, 2.45) is 0 Å². The Kier molecular flexibility index (Phi) is 5.70. The van der Waals surface area contributed by atoms with Crippen molar-refractivity contribution in [1.82, 2.24) is 9.88 Å². The van der Waals surface area contributed by atoms with E-state index >= 15 is 0 Å². The standard InChI is InChI=1S/C22H21ClN2O3S.ClH/c1-24-16-3-2-4-17-14(16)9-18(29-17)12-7-8-13-20(19(12)23)25(11-5-6-11)10-15(21(13)26)22(27)28;/h7-11,16,24H,2-6H2,1H3,(H,27,28);1H. The maximum Gasteiger partial charge on any atom is 0.341 e. The molecule has 2 N–H and O–H groups in total. The van der Waals surface area contributed by atoms with Crippen LogP contribution in [0.3, 0.4) is 0 Å². The molecule has 2 heterocycles. The van der Waals surface area contributed by atoms with Crippen molar-refractivity contribution in [3.05, 3.63) is 55.6 Å². The molecule has 2 aliphatic rings. The molecule has 2 aromatic heterocycles. The summed E-state index contributed by atoms with van der Waals surface area (Å²) in [7, 11) is 1.99. The highest BCUT2D eigenvalue weighted by Crippen LogP contribution is 2.45. The number of hydrogen-bond donors (Lipinski definition) is 2. The molecular weight excluding hydrogens is 443 g/mol. The van der Waals surface area contributed by atoms with E-state index in [1.54, 1.807) is 17.4 Å². The Morgan fingerprint density at radius 1 is 1.30 bits per heavy atom. The first-order valence-electron chi connectivity index (χ1n) is 9.90. The van der Waals surface area contributed by atoms with Gasteiger partial charge in [0.25, 0.3) is 0 Å². The van der Waals surface area contributed by atoms with Crippen molar-refractivity contribution in [2.75, 3.05) is 7.05 Å².